The summed E-state index contributed by atoms with van der Waals surface area (Å²) in [6.45, 7) is 1.65. The lowest BCUT2D eigenvalue weighted by molar-refractivity contribution is 0.268. The standard InChI is InChI=1S/C8H14N2O3S/c1-7(5-14(2,12)13)10-6-9-3-8(10)4-11/h3,6-7,11H,4-5H2,1-2H3. The van der Waals surface area contributed by atoms with Crippen LogP contribution in [0.4, 0.5) is 0 Å². The van der Waals surface area contributed by atoms with Crippen LogP contribution in [0.25, 0.3) is 0 Å². The third kappa shape index (κ3) is 2.81. The van der Waals surface area contributed by atoms with Crippen LogP contribution in [0.3, 0.4) is 0 Å². The van der Waals surface area contributed by atoms with Crippen LogP contribution in [0.5, 0.6) is 0 Å². The molecule has 1 N–H and O–H groups in total. The maximum atomic E-state index is 11.0. The van der Waals surface area contributed by atoms with Gasteiger partial charge in [0.2, 0.25) is 0 Å². The van der Waals surface area contributed by atoms with E-state index in [2.05, 4.69) is 4.98 Å². The van der Waals surface area contributed by atoms with Gasteiger partial charge in [0.05, 0.1) is 30.6 Å². The summed E-state index contributed by atoms with van der Waals surface area (Å²) in [5.74, 6) is 0.0519. The number of rotatable bonds is 4. The van der Waals surface area contributed by atoms with Gasteiger partial charge in [0.1, 0.15) is 9.84 Å². The Morgan fingerprint density at radius 2 is 2.29 bits per heavy atom. The van der Waals surface area contributed by atoms with Crippen molar-refractivity contribution in [1.29, 1.82) is 0 Å². The lowest BCUT2D eigenvalue weighted by Crippen LogP contribution is -2.17. The molecule has 6 heteroatoms. The van der Waals surface area contributed by atoms with E-state index in [1.807, 2.05) is 0 Å². The highest BCUT2D eigenvalue weighted by Gasteiger charge is 2.14. The highest BCUT2D eigenvalue weighted by molar-refractivity contribution is 7.90. The number of aliphatic hydroxyl groups excluding tert-OH is 1. The van der Waals surface area contributed by atoms with E-state index < -0.39 is 9.84 Å². The van der Waals surface area contributed by atoms with Gasteiger partial charge in [0.15, 0.2) is 0 Å². The van der Waals surface area contributed by atoms with Crippen LogP contribution in [-0.4, -0.2) is 35.1 Å². The van der Waals surface area contributed by atoms with Crippen LogP contribution in [0.15, 0.2) is 12.5 Å². The third-order valence-corrected chi connectivity index (χ3v) is 3.01. The zero-order valence-corrected chi connectivity index (χ0v) is 9.03. The first kappa shape index (κ1) is 11.2. The fraction of sp³-hybridized carbons (Fsp3) is 0.625. The van der Waals surface area contributed by atoms with Crippen LogP contribution in [0.1, 0.15) is 18.7 Å². The normalized spacial score (nSPS) is 14.2. The molecule has 5 nitrogen and oxygen atoms in total. The Labute approximate surface area is 83.3 Å². The molecule has 0 aliphatic carbocycles. The zero-order valence-electron chi connectivity index (χ0n) is 8.21. The zero-order chi connectivity index (χ0) is 10.8. The Morgan fingerprint density at radius 1 is 1.64 bits per heavy atom. The van der Waals surface area contributed by atoms with E-state index in [-0.39, 0.29) is 18.4 Å². The van der Waals surface area contributed by atoms with Gasteiger partial charge in [0, 0.05) is 12.3 Å². The van der Waals surface area contributed by atoms with Crippen molar-refractivity contribution < 1.29 is 13.5 Å². The number of imidazole rings is 1. The summed E-state index contributed by atoms with van der Waals surface area (Å²) in [4.78, 5) is 3.85. The number of aliphatic hydroxyl groups is 1. The predicted octanol–water partition coefficient (Wildman–Crippen LogP) is -0.0190. The second-order valence-corrected chi connectivity index (χ2v) is 5.58. The Morgan fingerprint density at radius 3 is 2.79 bits per heavy atom. The molecule has 0 fully saturated rings. The van der Waals surface area contributed by atoms with Gasteiger partial charge in [-0.05, 0) is 6.92 Å². The average Bonchev–Trinajstić information content (AvgIpc) is 2.47. The van der Waals surface area contributed by atoms with Crippen LogP contribution >= 0.6 is 0 Å². The predicted molar refractivity (Wildman–Crippen MR) is 52.6 cm³/mol. The Balaban J connectivity index is 2.84. The van der Waals surface area contributed by atoms with Crippen LogP contribution in [0.2, 0.25) is 0 Å². The molecule has 0 radical (unpaired) electrons. The summed E-state index contributed by atoms with van der Waals surface area (Å²) in [6.07, 6.45) is 4.25. The monoisotopic (exact) mass is 218 g/mol. The molecule has 0 aliphatic heterocycles. The molecule has 14 heavy (non-hydrogen) atoms. The Hall–Kier alpha value is -0.880. The van der Waals surface area contributed by atoms with Gasteiger partial charge in [-0.3, -0.25) is 0 Å². The first-order chi connectivity index (χ1) is 6.44. The molecule has 0 bridgehead atoms. The van der Waals surface area contributed by atoms with Gasteiger partial charge < -0.3 is 9.67 Å². The molecule has 1 heterocycles. The summed E-state index contributed by atoms with van der Waals surface area (Å²) in [5.41, 5.74) is 0.626. The SMILES string of the molecule is CC(CS(C)(=O)=O)n1cncc1CO. The fourth-order valence-electron chi connectivity index (χ4n) is 1.37. The lowest BCUT2D eigenvalue weighted by atomic mass is 10.3. The van der Waals surface area contributed by atoms with E-state index in [0.717, 1.165) is 0 Å². The van der Waals surface area contributed by atoms with Crippen molar-refractivity contribution in [2.45, 2.75) is 19.6 Å². The molecule has 1 aromatic heterocycles. The van der Waals surface area contributed by atoms with Gasteiger partial charge in [-0.2, -0.15) is 0 Å². The van der Waals surface area contributed by atoms with Gasteiger partial charge in [-0.25, -0.2) is 13.4 Å². The van der Waals surface area contributed by atoms with Gasteiger partial charge in [-0.15, -0.1) is 0 Å². The number of hydrogen-bond donors (Lipinski definition) is 1. The summed E-state index contributed by atoms with van der Waals surface area (Å²) < 4.78 is 23.7. The van der Waals surface area contributed by atoms with Crippen molar-refractivity contribution in [2.75, 3.05) is 12.0 Å². The van der Waals surface area contributed by atoms with Crippen molar-refractivity contribution >= 4 is 9.84 Å². The highest BCUT2D eigenvalue weighted by Crippen LogP contribution is 2.11. The minimum absolute atomic E-state index is 0.0519. The molecule has 1 atom stereocenters. The van der Waals surface area contributed by atoms with E-state index in [4.69, 9.17) is 5.11 Å². The summed E-state index contributed by atoms with van der Waals surface area (Å²) in [5, 5.41) is 8.94. The number of nitrogens with zero attached hydrogens (tertiary/aromatic N) is 2. The second kappa shape index (κ2) is 4.10. The van der Waals surface area contributed by atoms with Crippen molar-refractivity contribution in [2.24, 2.45) is 0 Å². The molecule has 0 spiro atoms. The second-order valence-electron chi connectivity index (χ2n) is 3.39. The molecule has 1 unspecified atom stereocenters. The number of sulfone groups is 1. The minimum atomic E-state index is -3.00. The molecule has 1 rings (SSSR count). The van der Waals surface area contributed by atoms with Gasteiger partial charge in [0.25, 0.3) is 0 Å². The molecular formula is C8H14N2O3S. The number of aromatic nitrogens is 2. The van der Waals surface area contributed by atoms with E-state index in [0.29, 0.717) is 5.69 Å². The largest absolute Gasteiger partial charge is 0.390 e. The first-order valence-corrected chi connectivity index (χ1v) is 6.29. The lowest BCUT2D eigenvalue weighted by Gasteiger charge is -2.14. The van der Waals surface area contributed by atoms with E-state index in [9.17, 15) is 8.42 Å². The van der Waals surface area contributed by atoms with Crippen molar-refractivity contribution in [3.05, 3.63) is 18.2 Å². The average molecular weight is 218 g/mol. The molecule has 0 aliphatic rings. The molecule has 80 valence electrons. The minimum Gasteiger partial charge on any atom is -0.390 e. The third-order valence-electron chi connectivity index (χ3n) is 1.93. The highest BCUT2D eigenvalue weighted by atomic mass is 32.2. The molecule has 1 aromatic rings. The maximum Gasteiger partial charge on any atom is 0.149 e. The van der Waals surface area contributed by atoms with Crippen molar-refractivity contribution in [1.82, 2.24) is 9.55 Å². The smallest absolute Gasteiger partial charge is 0.149 e. The molecular weight excluding hydrogens is 204 g/mol. The van der Waals surface area contributed by atoms with Crippen LogP contribution in [0, 0.1) is 0 Å². The van der Waals surface area contributed by atoms with Gasteiger partial charge in [-0.1, -0.05) is 0 Å². The first-order valence-electron chi connectivity index (χ1n) is 4.23. The van der Waals surface area contributed by atoms with Gasteiger partial charge >= 0.3 is 0 Å². The van der Waals surface area contributed by atoms with E-state index in [1.165, 1.54) is 18.8 Å². The molecule has 0 amide bonds. The van der Waals surface area contributed by atoms with Crippen LogP contribution < -0.4 is 0 Å². The fourth-order valence-corrected chi connectivity index (χ4v) is 2.41. The molecule has 0 saturated carbocycles. The summed E-state index contributed by atoms with van der Waals surface area (Å²) in [6, 6.07) is -0.199. The van der Waals surface area contributed by atoms with Crippen molar-refractivity contribution in [3.8, 4) is 0 Å². The summed E-state index contributed by atoms with van der Waals surface area (Å²) in [7, 11) is -3.00. The molecule has 0 saturated heterocycles. The topological polar surface area (TPSA) is 72.2 Å². The number of hydrogen-bond acceptors (Lipinski definition) is 4. The Bertz CT molecular complexity index is 396. The molecule has 0 aromatic carbocycles. The maximum absolute atomic E-state index is 11.0. The Kier molecular flexibility index (Phi) is 3.28. The van der Waals surface area contributed by atoms with Crippen LogP contribution in [-0.2, 0) is 16.4 Å². The van der Waals surface area contributed by atoms with Crippen molar-refractivity contribution in [3.63, 3.8) is 0 Å². The van der Waals surface area contributed by atoms with E-state index in [1.54, 1.807) is 11.5 Å². The summed E-state index contributed by atoms with van der Waals surface area (Å²) >= 11 is 0. The van der Waals surface area contributed by atoms with E-state index >= 15 is 0 Å². The quantitative estimate of drug-likeness (QED) is 0.771.